The summed E-state index contributed by atoms with van der Waals surface area (Å²) in [6.45, 7) is -0.436. The highest BCUT2D eigenvalue weighted by atomic mass is 19.1. The van der Waals surface area contributed by atoms with Crippen molar-refractivity contribution in [2.24, 2.45) is 0 Å². The Balaban J connectivity index is 1.90. The molecule has 1 atom stereocenters. The van der Waals surface area contributed by atoms with Crippen LogP contribution in [0.1, 0.15) is 29.5 Å². The normalized spacial score (nSPS) is 23.4. The van der Waals surface area contributed by atoms with Crippen molar-refractivity contribution in [3.63, 3.8) is 0 Å². The molecule has 2 saturated heterocycles. The topological polar surface area (TPSA) is 100 Å². The highest BCUT2D eigenvalue weighted by molar-refractivity contribution is 6.04. The Morgan fingerprint density at radius 2 is 2.19 bits per heavy atom. The van der Waals surface area contributed by atoms with Gasteiger partial charge in [0.05, 0.1) is 0 Å². The largest absolute Gasteiger partial charge is 0.460 e. The molecule has 8 heteroatoms. The van der Waals surface area contributed by atoms with Gasteiger partial charge in [-0.2, -0.15) is 0 Å². The molecule has 1 aromatic rings. The van der Waals surface area contributed by atoms with Crippen molar-refractivity contribution in [3.05, 3.63) is 28.7 Å². The van der Waals surface area contributed by atoms with Crippen LogP contribution >= 0.6 is 0 Å². The summed E-state index contributed by atoms with van der Waals surface area (Å²) in [5.74, 6) is -0.411. The molecule has 4 amide bonds. The predicted octanol–water partition coefficient (Wildman–Crippen LogP) is 0.533. The fourth-order valence-electron chi connectivity index (χ4n) is 2.32. The standard InChI is InChI=1S/C13H12FN3O4/c14-4-9-7(1-6-2-10(18)15-5-6)3-8(21-9)11-12(19)17-13(20)16-11/h1,3,11H,2,4-5H2,(H,15,18)(H2,16,17,19,20)/b6-1+. The highest BCUT2D eigenvalue weighted by Crippen LogP contribution is 2.26. The number of carbonyl (C=O) groups is 3. The summed E-state index contributed by atoms with van der Waals surface area (Å²) in [6.07, 6.45) is 1.92. The van der Waals surface area contributed by atoms with Crippen LogP contribution in [0.4, 0.5) is 9.18 Å². The van der Waals surface area contributed by atoms with Crippen molar-refractivity contribution in [3.8, 4) is 0 Å². The van der Waals surface area contributed by atoms with Crippen LogP contribution in [0.15, 0.2) is 16.1 Å². The Morgan fingerprint density at radius 1 is 1.38 bits per heavy atom. The quantitative estimate of drug-likeness (QED) is 0.708. The summed E-state index contributed by atoms with van der Waals surface area (Å²) in [6, 6.07) is -0.0763. The van der Waals surface area contributed by atoms with E-state index in [0.29, 0.717) is 12.1 Å². The Bertz CT molecular complexity index is 664. The molecular weight excluding hydrogens is 281 g/mol. The summed E-state index contributed by atoms with van der Waals surface area (Å²) in [4.78, 5) is 33.8. The zero-order chi connectivity index (χ0) is 15.0. The van der Waals surface area contributed by atoms with Crippen molar-refractivity contribution < 1.29 is 23.2 Å². The first-order valence-corrected chi connectivity index (χ1v) is 6.33. The smallest absolute Gasteiger partial charge is 0.322 e. The lowest BCUT2D eigenvalue weighted by Gasteiger charge is -2.01. The second-order valence-corrected chi connectivity index (χ2v) is 4.81. The van der Waals surface area contributed by atoms with E-state index < -0.39 is 24.7 Å². The van der Waals surface area contributed by atoms with Gasteiger partial charge in [0, 0.05) is 18.5 Å². The molecule has 0 saturated carbocycles. The van der Waals surface area contributed by atoms with Crippen LogP contribution in [0.2, 0.25) is 0 Å². The number of rotatable bonds is 3. The molecule has 1 aromatic heterocycles. The van der Waals surface area contributed by atoms with Crippen LogP contribution < -0.4 is 16.0 Å². The Hall–Kier alpha value is -2.64. The number of carbonyl (C=O) groups excluding carboxylic acids is 3. The van der Waals surface area contributed by atoms with E-state index in [-0.39, 0.29) is 23.8 Å². The number of imide groups is 1. The first-order valence-electron chi connectivity index (χ1n) is 6.33. The number of alkyl halides is 1. The Kier molecular flexibility index (Phi) is 3.20. The van der Waals surface area contributed by atoms with E-state index in [1.54, 1.807) is 6.08 Å². The Morgan fingerprint density at radius 3 is 2.76 bits per heavy atom. The average Bonchev–Trinajstić information content (AvgIpc) is 3.10. The summed E-state index contributed by atoms with van der Waals surface area (Å²) in [5.41, 5.74) is 1.27. The van der Waals surface area contributed by atoms with E-state index in [1.807, 2.05) is 0 Å². The summed E-state index contributed by atoms with van der Waals surface area (Å²) in [5, 5.41) is 7.11. The van der Waals surface area contributed by atoms with Gasteiger partial charge in [0.15, 0.2) is 6.04 Å². The van der Waals surface area contributed by atoms with Gasteiger partial charge in [0.25, 0.3) is 5.91 Å². The number of hydrogen-bond donors (Lipinski definition) is 3. The molecule has 21 heavy (non-hydrogen) atoms. The second kappa shape index (κ2) is 5.04. The SMILES string of the molecule is O=C1C/C(=C\c2cc(C3NC(=O)NC3=O)oc2CF)CN1. The van der Waals surface area contributed by atoms with Crippen LogP contribution in [0, 0.1) is 0 Å². The molecule has 0 radical (unpaired) electrons. The summed E-state index contributed by atoms with van der Waals surface area (Å²) >= 11 is 0. The van der Waals surface area contributed by atoms with E-state index in [1.165, 1.54) is 6.07 Å². The molecule has 0 aromatic carbocycles. The van der Waals surface area contributed by atoms with E-state index >= 15 is 0 Å². The molecular formula is C13H12FN3O4. The highest BCUT2D eigenvalue weighted by Gasteiger charge is 2.34. The maximum Gasteiger partial charge on any atom is 0.322 e. The van der Waals surface area contributed by atoms with Gasteiger partial charge in [-0.1, -0.05) is 0 Å². The molecule has 0 aliphatic carbocycles. The lowest BCUT2D eigenvalue weighted by atomic mass is 10.1. The van der Waals surface area contributed by atoms with Gasteiger partial charge in [-0.15, -0.1) is 0 Å². The van der Waals surface area contributed by atoms with Crippen molar-refractivity contribution in [2.75, 3.05) is 6.54 Å². The molecule has 110 valence electrons. The van der Waals surface area contributed by atoms with Gasteiger partial charge < -0.3 is 15.1 Å². The molecule has 2 aliphatic heterocycles. The zero-order valence-corrected chi connectivity index (χ0v) is 10.9. The molecule has 2 aliphatic rings. The van der Waals surface area contributed by atoms with Crippen LogP contribution in [-0.4, -0.2) is 24.4 Å². The van der Waals surface area contributed by atoms with Crippen molar-refractivity contribution in [1.82, 2.24) is 16.0 Å². The van der Waals surface area contributed by atoms with Crippen LogP contribution in [0.3, 0.4) is 0 Å². The van der Waals surface area contributed by atoms with Crippen LogP contribution in [-0.2, 0) is 16.3 Å². The minimum Gasteiger partial charge on any atom is -0.460 e. The van der Waals surface area contributed by atoms with Gasteiger partial charge in [-0.3, -0.25) is 14.9 Å². The number of urea groups is 1. The predicted molar refractivity (Wildman–Crippen MR) is 68.5 cm³/mol. The summed E-state index contributed by atoms with van der Waals surface area (Å²) < 4.78 is 18.3. The summed E-state index contributed by atoms with van der Waals surface area (Å²) in [7, 11) is 0. The van der Waals surface area contributed by atoms with Crippen LogP contribution in [0.25, 0.3) is 6.08 Å². The van der Waals surface area contributed by atoms with Gasteiger partial charge in [0.1, 0.15) is 18.2 Å². The number of furan rings is 1. The minimum absolute atomic E-state index is 0.0609. The molecule has 1 unspecified atom stereocenters. The maximum absolute atomic E-state index is 13.0. The third kappa shape index (κ3) is 2.51. The first kappa shape index (κ1) is 13.3. The van der Waals surface area contributed by atoms with Crippen molar-refractivity contribution >= 4 is 23.9 Å². The maximum atomic E-state index is 13.0. The zero-order valence-electron chi connectivity index (χ0n) is 10.9. The third-order valence-electron chi connectivity index (χ3n) is 3.30. The number of nitrogens with one attached hydrogen (secondary N) is 3. The number of amides is 4. The van der Waals surface area contributed by atoms with Crippen molar-refractivity contribution in [2.45, 2.75) is 19.1 Å². The lowest BCUT2D eigenvalue weighted by molar-refractivity contribution is -0.120. The third-order valence-corrected chi connectivity index (χ3v) is 3.30. The van der Waals surface area contributed by atoms with E-state index in [0.717, 1.165) is 5.57 Å². The monoisotopic (exact) mass is 293 g/mol. The van der Waals surface area contributed by atoms with Gasteiger partial charge in [-0.05, 0) is 17.7 Å². The number of hydrogen-bond acceptors (Lipinski definition) is 4. The molecule has 0 bridgehead atoms. The molecule has 2 fully saturated rings. The van der Waals surface area contributed by atoms with E-state index in [2.05, 4.69) is 16.0 Å². The first-order chi connectivity index (χ1) is 10.1. The number of halogens is 1. The molecule has 3 heterocycles. The van der Waals surface area contributed by atoms with Crippen molar-refractivity contribution in [1.29, 1.82) is 0 Å². The fraction of sp³-hybridized carbons (Fsp3) is 0.308. The van der Waals surface area contributed by atoms with Gasteiger partial charge in [0.2, 0.25) is 5.91 Å². The lowest BCUT2D eigenvalue weighted by Crippen LogP contribution is -2.22. The second-order valence-electron chi connectivity index (χ2n) is 4.81. The molecule has 3 N–H and O–H groups in total. The minimum atomic E-state index is -0.960. The van der Waals surface area contributed by atoms with E-state index in [9.17, 15) is 18.8 Å². The van der Waals surface area contributed by atoms with Crippen LogP contribution in [0.5, 0.6) is 0 Å². The fourth-order valence-corrected chi connectivity index (χ4v) is 2.32. The molecule has 0 spiro atoms. The Labute approximate surface area is 118 Å². The van der Waals surface area contributed by atoms with Gasteiger partial charge >= 0.3 is 6.03 Å². The molecule has 7 nitrogen and oxygen atoms in total. The van der Waals surface area contributed by atoms with E-state index in [4.69, 9.17) is 4.42 Å². The van der Waals surface area contributed by atoms with Gasteiger partial charge in [-0.25, -0.2) is 9.18 Å². The average molecular weight is 293 g/mol. The molecule has 3 rings (SSSR count).